The largest absolute Gasteiger partial charge is 0.492 e. The molecule has 0 saturated heterocycles. The number of ether oxygens (including phenoxy) is 2. The van der Waals surface area contributed by atoms with Crippen molar-refractivity contribution in [1.82, 2.24) is 15.5 Å². The average molecular weight is 504 g/mol. The van der Waals surface area contributed by atoms with Crippen LogP contribution in [0.3, 0.4) is 0 Å². The average Bonchev–Trinajstić information content (AvgIpc) is 2.70. The summed E-state index contributed by atoms with van der Waals surface area (Å²) in [5.74, 6) is 1.79. The van der Waals surface area contributed by atoms with E-state index in [1.165, 1.54) is 37.7 Å². The monoisotopic (exact) mass is 504 g/mol. The third-order valence-corrected chi connectivity index (χ3v) is 4.95. The fraction of sp³-hybridized carbons (Fsp3) is 0.667. The summed E-state index contributed by atoms with van der Waals surface area (Å²) in [4.78, 5) is 6.56. The summed E-state index contributed by atoms with van der Waals surface area (Å²) in [5.41, 5.74) is 1.19. The molecular formula is C21H37IN4O2. The fourth-order valence-corrected chi connectivity index (χ4v) is 3.24. The maximum Gasteiger partial charge on any atom is 0.191 e. The van der Waals surface area contributed by atoms with Gasteiger partial charge in [-0.3, -0.25) is 4.99 Å². The second-order valence-electron chi connectivity index (χ2n) is 7.20. The van der Waals surface area contributed by atoms with Gasteiger partial charge in [0.15, 0.2) is 5.96 Å². The lowest BCUT2D eigenvalue weighted by molar-refractivity contribution is 0.150. The van der Waals surface area contributed by atoms with Crippen LogP contribution in [0, 0.1) is 0 Å². The first-order valence-corrected chi connectivity index (χ1v) is 10.1. The number of nitrogens with one attached hydrogen (secondary N) is 2. The maximum absolute atomic E-state index is 5.90. The van der Waals surface area contributed by atoms with Crippen LogP contribution in [-0.2, 0) is 11.3 Å². The van der Waals surface area contributed by atoms with Gasteiger partial charge in [-0.25, -0.2) is 0 Å². The molecule has 1 aromatic rings. The second-order valence-corrected chi connectivity index (χ2v) is 7.20. The molecule has 0 aliphatic heterocycles. The molecule has 1 aromatic carbocycles. The summed E-state index contributed by atoms with van der Waals surface area (Å²) in [6.07, 6.45) is 6.47. The lowest BCUT2D eigenvalue weighted by Gasteiger charge is -2.25. The Balaban J connectivity index is 0.00000392. The zero-order valence-electron chi connectivity index (χ0n) is 17.6. The molecule has 0 radical (unpaired) electrons. The molecule has 2 rings (SSSR count). The van der Waals surface area contributed by atoms with E-state index in [0.29, 0.717) is 12.6 Å². The molecule has 1 aliphatic rings. The number of aliphatic imine (C=N–C) groups is 1. The molecule has 7 heteroatoms. The SMILES string of the molecule is CN=C(NCc1cccc(OCCN(C)CCOC)c1)NC1CCCCC1.I. The van der Waals surface area contributed by atoms with Gasteiger partial charge in [0.1, 0.15) is 12.4 Å². The van der Waals surface area contributed by atoms with E-state index in [9.17, 15) is 0 Å². The van der Waals surface area contributed by atoms with Crippen LogP contribution in [0.5, 0.6) is 5.75 Å². The van der Waals surface area contributed by atoms with E-state index in [1.807, 2.05) is 19.2 Å². The number of hydrogen-bond acceptors (Lipinski definition) is 4. The molecule has 0 amide bonds. The molecule has 0 spiro atoms. The summed E-state index contributed by atoms with van der Waals surface area (Å²) in [7, 11) is 5.63. The molecule has 2 N–H and O–H groups in total. The molecule has 0 atom stereocenters. The topological polar surface area (TPSA) is 58.1 Å². The molecule has 1 fully saturated rings. The Hall–Kier alpha value is -1.06. The predicted molar refractivity (Wildman–Crippen MR) is 127 cm³/mol. The van der Waals surface area contributed by atoms with Crippen molar-refractivity contribution in [3.8, 4) is 5.75 Å². The van der Waals surface area contributed by atoms with Crippen molar-refractivity contribution in [2.75, 3.05) is 47.5 Å². The summed E-state index contributed by atoms with van der Waals surface area (Å²) < 4.78 is 11.0. The summed E-state index contributed by atoms with van der Waals surface area (Å²) in [5, 5.41) is 6.96. The normalized spacial score (nSPS) is 15.2. The van der Waals surface area contributed by atoms with Gasteiger partial charge >= 0.3 is 0 Å². The minimum absolute atomic E-state index is 0. The zero-order chi connectivity index (χ0) is 19.3. The highest BCUT2D eigenvalue weighted by molar-refractivity contribution is 14.0. The first-order valence-electron chi connectivity index (χ1n) is 10.1. The van der Waals surface area contributed by atoms with Gasteiger partial charge < -0.3 is 25.0 Å². The van der Waals surface area contributed by atoms with E-state index >= 15 is 0 Å². The van der Waals surface area contributed by atoms with Gasteiger partial charge in [-0.2, -0.15) is 0 Å². The number of halogens is 1. The van der Waals surface area contributed by atoms with Crippen molar-refractivity contribution in [2.45, 2.75) is 44.7 Å². The Morgan fingerprint density at radius 2 is 1.93 bits per heavy atom. The Labute approximate surface area is 187 Å². The summed E-state index contributed by atoms with van der Waals surface area (Å²) >= 11 is 0. The van der Waals surface area contributed by atoms with Gasteiger partial charge in [0.25, 0.3) is 0 Å². The zero-order valence-corrected chi connectivity index (χ0v) is 19.9. The third kappa shape index (κ3) is 9.93. The van der Waals surface area contributed by atoms with Gasteiger partial charge in [0, 0.05) is 39.8 Å². The number of benzene rings is 1. The van der Waals surface area contributed by atoms with E-state index in [-0.39, 0.29) is 24.0 Å². The molecule has 1 aliphatic carbocycles. The number of likely N-dealkylation sites (N-methyl/N-ethyl adjacent to an activating group) is 1. The van der Waals surface area contributed by atoms with E-state index in [2.05, 4.69) is 39.7 Å². The van der Waals surface area contributed by atoms with E-state index in [0.717, 1.165) is 38.0 Å². The number of nitrogens with zero attached hydrogens (tertiary/aromatic N) is 2. The van der Waals surface area contributed by atoms with E-state index in [1.54, 1.807) is 7.11 Å². The van der Waals surface area contributed by atoms with Crippen LogP contribution in [0.2, 0.25) is 0 Å². The third-order valence-electron chi connectivity index (χ3n) is 4.95. The van der Waals surface area contributed by atoms with Crippen LogP contribution < -0.4 is 15.4 Å². The Kier molecular flexibility index (Phi) is 13.3. The summed E-state index contributed by atoms with van der Waals surface area (Å²) in [6.45, 7) is 3.94. The smallest absolute Gasteiger partial charge is 0.191 e. The van der Waals surface area contributed by atoms with Crippen molar-refractivity contribution in [1.29, 1.82) is 0 Å². The minimum atomic E-state index is 0. The Morgan fingerprint density at radius 1 is 1.18 bits per heavy atom. The van der Waals surface area contributed by atoms with Gasteiger partial charge in [-0.15, -0.1) is 24.0 Å². The van der Waals surface area contributed by atoms with Crippen molar-refractivity contribution in [3.05, 3.63) is 29.8 Å². The minimum Gasteiger partial charge on any atom is -0.492 e. The van der Waals surface area contributed by atoms with Gasteiger partial charge in [0.05, 0.1) is 6.61 Å². The Bertz CT molecular complexity index is 565. The second kappa shape index (κ2) is 14.9. The maximum atomic E-state index is 5.90. The molecule has 0 heterocycles. The standard InChI is InChI=1S/C21H36N4O2.HI/c1-22-21(24-19-9-5-4-6-10-19)23-17-18-8-7-11-20(16-18)27-15-13-25(2)12-14-26-3;/h7-8,11,16,19H,4-6,9-10,12-15,17H2,1-3H3,(H2,22,23,24);1H. The van der Waals surface area contributed by atoms with Crippen LogP contribution in [0.15, 0.2) is 29.3 Å². The summed E-state index contributed by atoms with van der Waals surface area (Å²) in [6, 6.07) is 8.80. The molecule has 0 aromatic heterocycles. The highest BCUT2D eigenvalue weighted by Crippen LogP contribution is 2.17. The molecular weight excluding hydrogens is 467 g/mol. The van der Waals surface area contributed by atoms with Crippen LogP contribution in [0.4, 0.5) is 0 Å². The van der Waals surface area contributed by atoms with Crippen LogP contribution in [0.1, 0.15) is 37.7 Å². The quantitative estimate of drug-likeness (QED) is 0.291. The van der Waals surface area contributed by atoms with Crippen LogP contribution in [0.25, 0.3) is 0 Å². The van der Waals surface area contributed by atoms with E-state index in [4.69, 9.17) is 9.47 Å². The van der Waals surface area contributed by atoms with Crippen molar-refractivity contribution >= 4 is 29.9 Å². The van der Waals surface area contributed by atoms with Gasteiger partial charge in [0.2, 0.25) is 0 Å². The predicted octanol–water partition coefficient (Wildman–Crippen LogP) is 3.26. The number of methoxy groups -OCH3 is 1. The van der Waals surface area contributed by atoms with Gasteiger partial charge in [-0.1, -0.05) is 31.4 Å². The van der Waals surface area contributed by atoms with Gasteiger partial charge in [-0.05, 0) is 37.6 Å². The highest BCUT2D eigenvalue weighted by atomic mass is 127. The van der Waals surface area contributed by atoms with Crippen molar-refractivity contribution in [3.63, 3.8) is 0 Å². The van der Waals surface area contributed by atoms with Crippen molar-refractivity contribution < 1.29 is 9.47 Å². The lowest BCUT2D eigenvalue weighted by atomic mass is 9.96. The molecule has 160 valence electrons. The van der Waals surface area contributed by atoms with E-state index < -0.39 is 0 Å². The van der Waals surface area contributed by atoms with Crippen molar-refractivity contribution in [2.24, 2.45) is 4.99 Å². The first kappa shape index (κ1) is 25.0. The Morgan fingerprint density at radius 3 is 2.64 bits per heavy atom. The lowest BCUT2D eigenvalue weighted by Crippen LogP contribution is -2.43. The molecule has 6 nitrogen and oxygen atoms in total. The number of guanidine groups is 1. The molecule has 0 unspecified atom stereocenters. The molecule has 0 bridgehead atoms. The first-order chi connectivity index (χ1) is 13.2. The van der Waals surface area contributed by atoms with Crippen LogP contribution >= 0.6 is 24.0 Å². The fourth-order valence-electron chi connectivity index (χ4n) is 3.24. The molecule has 28 heavy (non-hydrogen) atoms. The highest BCUT2D eigenvalue weighted by Gasteiger charge is 2.14. The number of hydrogen-bond donors (Lipinski definition) is 2. The molecule has 1 saturated carbocycles. The van der Waals surface area contributed by atoms with Crippen LogP contribution in [-0.4, -0.2) is 64.4 Å². The number of rotatable bonds is 10.